The number of aliphatic hydroxyl groups is 1. The van der Waals surface area contributed by atoms with Gasteiger partial charge in [0, 0.05) is 25.2 Å². The summed E-state index contributed by atoms with van der Waals surface area (Å²) in [6, 6.07) is 5.78. The van der Waals surface area contributed by atoms with E-state index in [4.69, 9.17) is 19.9 Å². The smallest absolute Gasteiger partial charge is 0.161 e. The summed E-state index contributed by atoms with van der Waals surface area (Å²) >= 11 is 0. The zero-order valence-electron chi connectivity index (χ0n) is 12.1. The van der Waals surface area contributed by atoms with Crippen molar-refractivity contribution in [2.24, 2.45) is 5.73 Å². The van der Waals surface area contributed by atoms with Gasteiger partial charge >= 0.3 is 0 Å². The molecule has 3 N–H and O–H groups in total. The minimum atomic E-state index is -0.593. The SMILES string of the molecule is COc1ccc(C2(C(O)CN)CCOCC2)cc1OC. The molecule has 1 heterocycles. The van der Waals surface area contributed by atoms with Crippen LogP contribution in [-0.2, 0) is 10.2 Å². The molecule has 20 heavy (non-hydrogen) atoms. The van der Waals surface area contributed by atoms with Crippen LogP contribution in [0.2, 0.25) is 0 Å². The second-order valence-electron chi connectivity index (χ2n) is 5.09. The fourth-order valence-electron chi connectivity index (χ4n) is 2.92. The maximum absolute atomic E-state index is 10.4. The van der Waals surface area contributed by atoms with Crippen molar-refractivity contribution < 1.29 is 19.3 Å². The fraction of sp³-hybridized carbons (Fsp3) is 0.600. The molecule has 2 rings (SSSR count). The molecule has 0 amide bonds. The Labute approximate surface area is 119 Å². The molecule has 1 atom stereocenters. The molecule has 0 radical (unpaired) electrons. The third kappa shape index (κ3) is 2.61. The van der Waals surface area contributed by atoms with E-state index in [1.54, 1.807) is 14.2 Å². The zero-order valence-corrected chi connectivity index (χ0v) is 12.1. The number of aliphatic hydroxyl groups excluding tert-OH is 1. The molecule has 0 aromatic heterocycles. The first kappa shape index (κ1) is 15.1. The van der Waals surface area contributed by atoms with E-state index in [9.17, 15) is 5.11 Å². The number of rotatable bonds is 5. The van der Waals surface area contributed by atoms with E-state index in [0.29, 0.717) is 24.7 Å². The number of nitrogens with two attached hydrogens (primary N) is 1. The Morgan fingerprint density at radius 2 is 1.90 bits per heavy atom. The molecular weight excluding hydrogens is 258 g/mol. The molecule has 1 unspecified atom stereocenters. The van der Waals surface area contributed by atoms with Gasteiger partial charge in [0.15, 0.2) is 11.5 Å². The standard InChI is InChI=1S/C15H23NO4/c1-18-12-4-3-11(9-13(12)19-2)15(14(17)10-16)5-7-20-8-6-15/h3-4,9,14,17H,5-8,10,16H2,1-2H3. The second-order valence-corrected chi connectivity index (χ2v) is 5.09. The summed E-state index contributed by atoms with van der Waals surface area (Å²) in [5.41, 5.74) is 6.36. The van der Waals surface area contributed by atoms with Gasteiger partial charge < -0.3 is 25.1 Å². The van der Waals surface area contributed by atoms with E-state index in [1.807, 2.05) is 18.2 Å². The van der Waals surface area contributed by atoms with E-state index in [2.05, 4.69) is 0 Å². The quantitative estimate of drug-likeness (QED) is 0.844. The topological polar surface area (TPSA) is 73.9 Å². The van der Waals surface area contributed by atoms with E-state index < -0.39 is 6.10 Å². The normalized spacial score (nSPS) is 19.4. The molecule has 0 bridgehead atoms. The molecule has 1 fully saturated rings. The molecule has 1 aromatic rings. The highest BCUT2D eigenvalue weighted by Gasteiger charge is 2.40. The predicted molar refractivity (Wildman–Crippen MR) is 76.3 cm³/mol. The maximum atomic E-state index is 10.4. The predicted octanol–water partition coefficient (Wildman–Crippen LogP) is 1.07. The van der Waals surface area contributed by atoms with Crippen LogP contribution >= 0.6 is 0 Å². The Hall–Kier alpha value is -1.30. The van der Waals surface area contributed by atoms with Crippen LogP contribution in [-0.4, -0.2) is 45.2 Å². The molecule has 5 nitrogen and oxygen atoms in total. The van der Waals surface area contributed by atoms with Crippen LogP contribution in [0, 0.1) is 0 Å². The lowest BCUT2D eigenvalue weighted by Gasteiger charge is -2.41. The molecule has 1 aromatic carbocycles. The van der Waals surface area contributed by atoms with Gasteiger partial charge in [0.25, 0.3) is 0 Å². The highest BCUT2D eigenvalue weighted by atomic mass is 16.5. The summed E-state index contributed by atoms with van der Waals surface area (Å²) in [6.45, 7) is 1.49. The highest BCUT2D eigenvalue weighted by molar-refractivity contribution is 5.46. The average molecular weight is 281 g/mol. The van der Waals surface area contributed by atoms with E-state index in [1.165, 1.54) is 0 Å². The lowest BCUT2D eigenvalue weighted by molar-refractivity contribution is -0.0121. The number of methoxy groups -OCH3 is 2. The Balaban J connectivity index is 2.43. The zero-order chi connectivity index (χ0) is 14.6. The Morgan fingerprint density at radius 3 is 2.45 bits per heavy atom. The van der Waals surface area contributed by atoms with Crippen LogP contribution in [0.4, 0.5) is 0 Å². The molecule has 5 heteroatoms. The fourth-order valence-corrected chi connectivity index (χ4v) is 2.92. The summed E-state index contributed by atoms with van der Waals surface area (Å²) in [7, 11) is 3.22. The van der Waals surface area contributed by atoms with Gasteiger partial charge in [0.05, 0.1) is 20.3 Å². The molecule has 1 aliphatic rings. The number of hydrogen-bond acceptors (Lipinski definition) is 5. The lowest BCUT2D eigenvalue weighted by Crippen LogP contribution is -2.47. The van der Waals surface area contributed by atoms with Crippen LogP contribution in [0.15, 0.2) is 18.2 Å². The van der Waals surface area contributed by atoms with Gasteiger partial charge in [-0.15, -0.1) is 0 Å². The maximum Gasteiger partial charge on any atom is 0.161 e. The monoisotopic (exact) mass is 281 g/mol. The van der Waals surface area contributed by atoms with Gasteiger partial charge in [0.2, 0.25) is 0 Å². The van der Waals surface area contributed by atoms with Gasteiger partial charge in [0.1, 0.15) is 0 Å². The molecule has 0 saturated carbocycles. The van der Waals surface area contributed by atoms with Crippen LogP contribution < -0.4 is 15.2 Å². The van der Waals surface area contributed by atoms with Crippen LogP contribution in [0.25, 0.3) is 0 Å². The van der Waals surface area contributed by atoms with Crippen molar-refractivity contribution in [2.45, 2.75) is 24.4 Å². The first-order valence-corrected chi connectivity index (χ1v) is 6.86. The third-order valence-corrected chi connectivity index (χ3v) is 4.20. The van der Waals surface area contributed by atoms with Crippen molar-refractivity contribution in [3.05, 3.63) is 23.8 Å². The molecule has 112 valence electrons. The van der Waals surface area contributed by atoms with Crippen molar-refractivity contribution in [2.75, 3.05) is 34.0 Å². The van der Waals surface area contributed by atoms with Gasteiger partial charge in [-0.2, -0.15) is 0 Å². The van der Waals surface area contributed by atoms with Crippen LogP contribution in [0.5, 0.6) is 11.5 Å². The lowest BCUT2D eigenvalue weighted by atomic mass is 9.70. The molecule has 1 saturated heterocycles. The van der Waals surface area contributed by atoms with Crippen molar-refractivity contribution in [3.8, 4) is 11.5 Å². The van der Waals surface area contributed by atoms with Crippen LogP contribution in [0.1, 0.15) is 18.4 Å². The Morgan fingerprint density at radius 1 is 1.25 bits per heavy atom. The van der Waals surface area contributed by atoms with Crippen LogP contribution in [0.3, 0.4) is 0 Å². The second kappa shape index (κ2) is 6.43. The summed E-state index contributed by atoms with van der Waals surface area (Å²) in [5, 5.41) is 10.4. The summed E-state index contributed by atoms with van der Waals surface area (Å²) in [6.07, 6.45) is 0.909. The van der Waals surface area contributed by atoms with E-state index in [0.717, 1.165) is 18.4 Å². The van der Waals surface area contributed by atoms with E-state index >= 15 is 0 Å². The highest BCUT2D eigenvalue weighted by Crippen LogP contribution is 2.41. The number of hydrogen-bond donors (Lipinski definition) is 2. The molecular formula is C15H23NO4. The first-order chi connectivity index (χ1) is 9.67. The minimum Gasteiger partial charge on any atom is -0.493 e. The minimum absolute atomic E-state index is 0.231. The molecule has 0 spiro atoms. The first-order valence-electron chi connectivity index (χ1n) is 6.86. The largest absolute Gasteiger partial charge is 0.493 e. The Bertz CT molecular complexity index is 443. The third-order valence-electron chi connectivity index (χ3n) is 4.20. The van der Waals surface area contributed by atoms with Gasteiger partial charge in [-0.25, -0.2) is 0 Å². The van der Waals surface area contributed by atoms with Gasteiger partial charge in [-0.3, -0.25) is 0 Å². The van der Waals surface area contributed by atoms with Crippen molar-refractivity contribution in [1.29, 1.82) is 0 Å². The van der Waals surface area contributed by atoms with E-state index in [-0.39, 0.29) is 12.0 Å². The average Bonchev–Trinajstić information content (AvgIpc) is 2.53. The molecule has 0 aliphatic carbocycles. The van der Waals surface area contributed by atoms with Crippen molar-refractivity contribution in [1.82, 2.24) is 0 Å². The van der Waals surface area contributed by atoms with Gasteiger partial charge in [-0.05, 0) is 30.5 Å². The number of ether oxygens (including phenoxy) is 3. The van der Waals surface area contributed by atoms with Gasteiger partial charge in [-0.1, -0.05) is 6.07 Å². The van der Waals surface area contributed by atoms with Crippen molar-refractivity contribution in [3.63, 3.8) is 0 Å². The molecule has 1 aliphatic heterocycles. The number of benzene rings is 1. The summed E-state index contributed by atoms with van der Waals surface area (Å²) in [5.74, 6) is 1.35. The summed E-state index contributed by atoms with van der Waals surface area (Å²) < 4.78 is 16.1. The Kier molecular flexibility index (Phi) is 4.86. The van der Waals surface area contributed by atoms with Crippen molar-refractivity contribution >= 4 is 0 Å². The summed E-state index contributed by atoms with van der Waals surface area (Å²) in [4.78, 5) is 0.